The van der Waals surface area contributed by atoms with E-state index in [1.54, 1.807) is 0 Å². The number of rotatable bonds is 4. The molecule has 0 aliphatic heterocycles. The van der Waals surface area contributed by atoms with E-state index in [2.05, 4.69) is 15.9 Å². The minimum absolute atomic E-state index is 0.0862. The molecule has 0 amide bonds. The van der Waals surface area contributed by atoms with Crippen LogP contribution in [-0.2, 0) is 11.2 Å². The van der Waals surface area contributed by atoms with E-state index in [9.17, 15) is 4.79 Å². The molecule has 0 spiro atoms. The average Bonchev–Trinajstić information content (AvgIpc) is 2.75. The standard InChI is InChI=1S/C13H11BrO3/c14-11-4-2-1-3-10(11)12-7-5-9(17-12)6-8-13(15)16/h1-5,7H,6,8H2,(H,15,16). The van der Waals surface area contributed by atoms with Crippen molar-refractivity contribution in [3.05, 3.63) is 46.6 Å². The van der Waals surface area contributed by atoms with Crippen molar-refractivity contribution >= 4 is 21.9 Å². The SMILES string of the molecule is O=C(O)CCc1ccc(-c2ccccc2Br)o1. The van der Waals surface area contributed by atoms with E-state index in [1.165, 1.54) is 0 Å². The highest BCUT2D eigenvalue weighted by atomic mass is 79.9. The van der Waals surface area contributed by atoms with Crippen LogP contribution in [0.5, 0.6) is 0 Å². The summed E-state index contributed by atoms with van der Waals surface area (Å²) in [4.78, 5) is 10.5. The first kappa shape index (κ1) is 11.9. The summed E-state index contributed by atoms with van der Waals surface area (Å²) in [6.45, 7) is 0. The van der Waals surface area contributed by atoms with Crippen molar-refractivity contribution in [2.75, 3.05) is 0 Å². The van der Waals surface area contributed by atoms with Crippen molar-refractivity contribution in [2.45, 2.75) is 12.8 Å². The van der Waals surface area contributed by atoms with Crippen LogP contribution in [0.1, 0.15) is 12.2 Å². The number of aliphatic carboxylic acids is 1. The zero-order valence-electron chi connectivity index (χ0n) is 9.02. The second-order valence-corrected chi connectivity index (χ2v) is 4.49. The van der Waals surface area contributed by atoms with E-state index < -0.39 is 5.97 Å². The number of hydrogen-bond donors (Lipinski definition) is 1. The van der Waals surface area contributed by atoms with Crippen molar-refractivity contribution < 1.29 is 14.3 Å². The van der Waals surface area contributed by atoms with Crippen LogP contribution in [0.15, 0.2) is 45.3 Å². The molecule has 0 saturated carbocycles. The van der Waals surface area contributed by atoms with Crippen LogP contribution in [-0.4, -0.2) is 11.1 Å². The third-order valence-corrected chi connectivity index (χ3v) is 3.08. The monoisotopic (exact) mass is 294 g/mol. The van der Waals surface area contributed by atoms with Crippen LogP contribution in [0.2, 0.25) is 0 Å². The smallest absolute Gasteiger partial charge is 0.303 e. The van der Waals surface area contributed by atoms with Gasteiger partial charge in [-0.2, -0.15) is 0 Å². The molecule has 1 heterocycles. The van der Waals surface area contributed by atoms with Crippen molar-refractivity contribution in [1.29, 1.82) is 0 Å². The molecular weight excluding hydrogens is 284 g/mol. The van der Waals surface area contributed by atoms with Crippen LogP contribution in [0.25, 0.3) is 11.3 Å². The molecule has 1 aromatic heterocycles. The highest BCUT2D eigenvalue weighted by Crippen LogP contribution is 2.29. The molecule has 1 aromatic carbocycles. The Labute approximate surface area is 107 Å². The second-order valence-electron chi connectivity index (χ2n) is 3.64. The van der Waals surface area contributed by atoms with Crippen LogP contribution in [0.3, 0.4) is 0 Å². The van der Waals surface area contributed by atoms with Gasteiger partial charge in [0.1, 0.15) is 11.5 Å². The minimum Gasteiger partial charge on any atom is -0.481 e. The fourth-order valence-corrected chi connectivity index (χ4v) is 2.03. The van der Waals surface area contributed by atoms with Gasteiger partial charge in [0.25, 0.3) is 0 Å². The van der Waals surface area contributed by atoms with Crippen molar-refractivity contribution in [3.63, 3.8) is 0 Å². The molecule has 2 aromatic rings. The lowest BCUT2D eigenvalue weighted by Gasteiger charge is -1.99. The summed E-state index contributed by atoms with van der Waals surface area (Å²) in [5.74, 6) is 0.625. The molecule has 0 saturated heterocycles. The zero-order chi connectivity index (χ0) is 12.3. The van der Waals surface area contributed by atoms with Crippen LogP contribution in [0, 0.1) is 0 Å². The first-order chi connectivity index (χ1) is 8.16. The van der Waals surface area contributed by atoms with Gasteiger partial charge in [0.2, 0.25) is 0 Å². The average molecular weight is 295 g/mol. The third-order valence-electron chi connectivity index (χ3n) is 2.39. The van der Waals surface area contributed by atoms with Gasteiger partial charge in [-0.25, -0.2) is 0 Å². The third kappa shape index (κ3) is 2.97. The Hall–Kier alpha value is -1.55. The Morgan fingerprint density at radius 3 is 2.71 bits per heavy atom. The minimum atomic E-state index is -0.816. The van der Waals surface area contributed by atoms with E-state index in [-0.39, 0.29) is 6.42 Å². The van der Waals surface area contributed by atoms with Gasteiger partial charge in [-0.15, -0.1) is 0 Å². The summed E-state index contributed by atoms with van der Waals surface area (Å²) in [5, 5.41) is 8.59. The van der Waals surface area contributed by atoms with Gasteiger partial charge < -0.3 is 9.52 Å². The number of carboxylic acid groups (broad SMARTS) is 1. The van der Waals surface area contributed by atoms with Gasteiger partial charge in [0, 0.05) is 16.5 Å². The summed E-state index contributed by atoms with van der Waals surface area (Å²) < 4.78 is 6.57. The van der Waals surface area contributed by atoms with Crippen molar-refractivity contribution in [1.82, 2.24) is 0 Å². The molecule has 3 nitrogen and oxygen atoms in total. The van der Waals surface area contributed by atoms with Gasteiger partial charge in [0.05, 0.1) is 6.42 Å². The lowest BCUT2D eigenvalue weighted by molar-refractivity contribution is -0.137. The lowest BCUT2D eigenvalue weighted by atomic mass is 10.2. The molecule has 4 heteroatoms. The second kappa shape index (κ2) is 5.19. The summed E-state index contributed by atoms with van der Waals surface area (Å²) in [6, 6.07) is 11.4. The van der Waals surface area contributed by atoms with E-state index in [1.807, 2.05) is 36.4 Å². The Morgan fingerprint density at radius 1 is 1.24 bits per heavy atom. The molecule has 2 rings (SSSR count). The van der Waals surface area contributed by atoms with Crippen LogP contribution in [0.4, 0.5) is 0 Å². The Morgan fingerprint density at radius 2 is 2.00 bits per heavy atom. The maximum Gasteiger partial charge on any atom is 0.303 e. The van der Waals surface area contributed by atoms with Crippen LogP contribution < -0.4 is 0 Å². The Balaban J connectivity index is 2.18. The normalized spacial score (nSPS) is 10.4. The lowest BCUT2D eigenvalue weighted by Crippen LogP contribution is -1.96. The molecule has 17 heavy (non-hydrogen) atoms. The van der Waals surface area contributed by atoms with E-state index in [0.29, 0.717) is 12.2 Å². The number of furan rings is 1. The predicted molar refractivity (Wildman–Crippen MR) is 67.8 cm³/mol. The largest absolute Gasteiger partial charge is 0.481 e. The molecule has 0 atom stereocenters. The topological polar surface area (TPSA) is 50.4 Å². The number of hydrogen-bond acceptors (Lipinski definition) is 2. The molecule has 0 bridgehead atoms. The molecule has 0 aliphatic rings. The Bertz CT molecular complexity index is 531. The molecule has 0 aliphatic carbocycles. The fourth-order valence-electron chi connectivity index (χ4n) is 1.55. The van der Waals surface area contributed by atoms with E-state index >= 15 is 0 Å². The Kier molecular flexibility index (Phi) is 3.64. The van der Waals surface area contributed by atoms with E-state index in [0.717, 1.165) is 15.8 Å². The fraction of sp³-hybridized carbons (Fsp3) is 0.154. The first-order valence-electron chi connectivity index (χ1n) is 5.22. The van der Waals surface area contributed by atoms with Crippen molar-refractivity contribution in [3.8, 4) is 11.3 Å². The van der Waals surface area contributed by atoms with Crippen molar-refractivity contribution in [2.24, 2.45) is 0 Å². The summed E-state index contributed by atoms with van der Waals surface area (Å²) in [7, 11) is 0. The molecule has 0 radical (unpaired) electrons. The maximum absolute atomic E-state index is 10.5. The summed E-state index contributed by atoms with van der Waals surface area (Å²) in [6.07, 6.45) is 0.503. The highest BCUT2D eigenvalue weighted by molar-refractivity contribution is 9.10. The molecular formula is C13H11BrO3. The maximum atomic E-state index is 10.5. The zero-order valence-corrected chi connectivity index (χ0v) is 10.6. The number of carbonyl (C=O) groups is 1. The number of aryl methyl sites for hydroxylation is 1. The first-order valence-corrected chi connectivity index (χ1v) is 6.01. The highest BCUT2D eigenvalue weighted by Gasteiger charge is 2.08. The predicted octanol–water partition coefficient (Wildman–Crippen LogP) is 3.73. The number of carboxylic acids is 1. The molecule has 0 unspecified atom stereocenters. The van der Waals surface area contributed by atoms with Gasteiger partial charge in [-0.3, -0.25) is 4.79 Å². The molecule has 88 valence electrons. The molecule has 1 N–H and O–H groups in total. The summed E-state index contributed by atoms with van der Waals surface area (Å²) in [5.41, 5.74) is 0.967. The van der Waals surface area contributed by atoms with Gasteiger partial charge in [-0.05, 0) is 18.2 Å². The summed E-state index contributed by atoms with van der Waals surface area (Å²) >= 11 is 3.45. The van der Waals surface area contributed by atoms with E-state index in [4.69, 9.17) is 9.52 Å². The molecule has 0 fully saturated rings. The van der Waals surface area contributed by atoms with Gasteiger partial charge >= 0.3 is 5.97 Å². The number of benzene rings is 1. The van der Waals surface area contributed by atoms with Gasteiger partial charge in [0.15, 0.2) is 0 Å². The van der Waals surface area contributed by atoms with Crippen LogP contribution >= 0.6 is 15.9 Å². The quantitative estimate of drug-likeness (QED) is 0.935. The number of halogens is 1. The van der Waals surface area contributed by atoms with Gasteiger partial charge in [-0.1, -0.05) is 34.1 Å².